The highest BCUT2D eigenvalue weighted by molar-refractivity contribution is 5.18. The van der Waals surface area contributed by atoms with E-state index < -0.39 is 0 Å². The number of nitrogens with zero attached hydrogens (tertiary/aromatic N) is 1. The second-order valence-corrected chi connectivity index (χ2v) is 2.66. The van der Waals surface area contributed by atoms with Crippen molar-refractivity contribution in [2.24, 2.45) is 5.73 Å². The van der Waals surface area contributed by atoms with Crippen LogP contribution in [-0.4, -0.2) is 17.5 Å². The zero-order valence-electron chi connectivity index (χ0n) is 5.83. The van der Waals surface area contributed by atoms with Gasteiger partial charge in [-0.15, -0.1) is 0 Å². The van der Waals surface area contributed by atoms with Gasteiger partial charge in [0.05, 0.1) is 5.54 Å². The molecular weight excluding hydrogens is 112 g/mol. The highest BCUT2D eigenvalue weighted by Crippen LogP contribution is 2.09. The van der Waals surface area contributed by atoms with Crippen LogP contribution in [0.25, 0.3) is 0 Å². The van der Waals surface area contributed by atoms with Crippen molar-refractivity contribution in [1.82, 2.24) is 4.90 Å². The van der Waals surface area contributed by atoms with Crippen LogP contribution in [0.2, 0.25) is 0 Å². The van der Waals surface area contributed by atoms with Gasteiger partial charge in [0.25, 0.3) is 0 Å². The van der Waals surface area contributed by atoms with Gasteiger partial charge >= 0.3 is 0 Å². The van der Waals surface area contributed by atoms with Crippen LogP contribution in [0.3, 0.4) is 0 Å². The van der Waals surface area contributed by atoms with Crippen LogP contribution in [0.1, 0.15) is 6.92 Å². The first-order valence-electron chi connectivity index (χ1n) is 3.00. The first kappa shape index (κ1) is 6.36. The average molecular weight is 124 g/mol. The fourth-order valence-electron chi connectivity index (χ4n) is 0.662. The molecule has 1 aliphatic heterocycles. The van der Waals surface area contributed by atoms with E-state index in [4.69, 9.17) is 5.73 Å². The van der Waals surface area contributed by atoms with Gasteiger partial charge in [0.15, 0.2) is 0 Å². The molecule has 1 heterocycles. The van der Waals surface area contributed by atoms with Crippen LogP contribution < -0.4 is 5.73 Å². The molecular formula is C7H12N2. The molecule has 0 fully saturated rings. The molecule has 0 bridgehead atoms. The molecule has 0 saturated heterocycles. The van der Waals surface area contributed by atoms with Crippen molar-refractivity contribution in [3.63, 3.8) is 0 Å². The summed E-state index contributed by atoms with van der Waals surface area (Å²) in [4.78, 5) is 1.97. The molecule has 1 rings (SSSR count). The standard InChI is InChI=1S/C7H12N2/c1-7(8)3-5-9(2)6-4-7/h3-6H,8H2,1-2H3. The van der Waals surface area contributed by atoms with E-state index in [-0.39, 0.29) is 5.54 Å². The van der Waals surface area contributed by atoms with Gasteiger partial charge in [-0.3, -0.25) is 0 Å². The Kier molecular flexibility index (Phi) is 1.33. The Labute approximate surface area is 55.6 Å². The third-order valence-corrected chi connectivity index (χ3v) is 1.34. The Morgan fingerprint density at radius 3 is 2.11 bits per heavy atom. The Morgan fingerprint density at radius 2 is 1.78 bits per heavy atom. The highest BCUT2D eigenvalue weighted by Gasteiger charge is 2.11. The largest absolute Gasteiger partial charge is 0.358 e. The summed E-state index contributed by atoms with van der Waals surface area (Å²) >= 11 is 0. The molecule has 0 radical (unpaired) electrons. The quantitative estimate of drug-likeness (QED) is 0.514. The minimum Gasteiger partial charge on any atom is -0.358 e. The molecule has 2 nitrogen and oxygen atoms in total. The van der Waals surface area contributed by atoms with Crippen LogP contribution in [0.15, 0.2) is 24.6 Å². The van der Waals surface area contributed by atoms with E-state index in [9.17, 15) is 0 Å². The van der Waals surface area contributed by atoms with E-state index in [1.54, 1.807) is 0 Å². The molecule has 0 atom stereocenters. The smallest absolute Gasteiger partial charge is 0.0530 e. The molecule has 9 heavy (non-hydrogen) atoms. The highest BCUT2D eigenvalue weighted by atomic mass is 15.1. The summed E-state index contributed by atoms with van der Waals surface area (Å²) in [5.41, 5.74) is 5.50. The molecule has 0 unspecified atom stereocenters. The molecule has 1 aliphatic rings. The zero-order valence-corrected chi connectivity index (χ0v) is 5.83. The molecule has 0 aliphatic carbocycles. The molecule has 2 N–H and O–H groups in total. The lowest BCUT2D eigenvalue weighted by atomic mass is 10.0. The first-order valence-corrected chi connectivity index (χ1v) is 3.00. The Hall–Kier alpha value is -0.760. The summed E-state index contributed by atoms with van der Waals surface area (Å²) in [5.74, 6) is 0. The maximum atomic E-state index is 5.74. The van der Waals surface area contributed by atoms with Crippen LogP contribution in [-0.2, 0) is 0 Å². The summed E-state index contributed by atoms with van der Waals surface area (Å²) in [5, 5.41) is 0. The van der Waals surface area contributed by atoms with Crippen LogP contribution in [0.4, 0.5) is 0 Å². The molecule has 50 valence electrons. The lowest BCUT2D eigenvalue weighted by molar-refractivity contribution is 0.571. The van der Waals surface area contributed by atoms with Gasteiger partial charge in [-0.05, 0) is 19.1 Å². The van der Waals surface area contributed by atoms with E-state index >= 15 is 0 Å². The van der Waals surface area contributed by atoms with E-state index in [1.807, 2.05) is 43.4 Å². The van der Waals surface area contributed by atoms with Crippen LogP contribution in [0.5, 0.6) is 0 Å². The van der Waals surface area contributed by atoms with Gasteiger partial charge < -0.3 is 10.6 Å². The number of hydrogen-bond acceptors (Lipinski definition) is 2. The predicted molar refractivity (Wildman–Crippen MR) is 38.6 cm³/mol. The number of rotatable bonds is 0. The second kappa shape index (κ2) is 1.88. The van der Waals surface area contributed by atoms with E-state index in [0.717, 1.165) is 0 Å². The Morgan fingerprint density at radius 1 is 1.33 bits per heavy atom. The molecule has 0 aromatic rings. The first-order chi connectivity index (χ1) is 4.10. The summed E-state index contributed by atoms with van der Waals surface area (Å²) in [6.45, 7) is 1.97. The molecule has 2 heteroatoms. The fourth-order valence-corrected chi connectivity index (χ4v) is 0.662. The van der Waals surface area contributed by atoms with Crippen molar-refractivity contribution in [3.8, 4) is 0 Å². The summed E-state index contributed by atoms with van der Waals surface area (Å²) in [7, 11) is 1.97. The number of nitrogens with two attached hydrogens (primary N) is 1. The van der Waals surface area contributed by atoms with Gasteiger partial charge in [-0.1, -0.05) is 0 Å². The molecule has 0 aromatic heterocycles. The summed E-state index contributed by atoms with van der Waals surface area (Å²) in [6.07, 6.45) is 7.85. The van der Waals surface area contributed by atoms with Crippen molar-refractivity contribution in [2.75, 3.05) is 7.05 Å². The average Bonchev–Trinajstić information content (AvgIpc) is 1.78. The van der Waals surface area contributed by atoms with E-state index in [1.165, 1.54) is 0 Å². The molecule has 0 spiro atoms. The molecule has 0 saturated carbocycles. The van der Waals surface area contributed by atoms with Crippen molar-refractivity contribution < 1.29 is 0 Å². The van der Waals surface area contributed by atoms with Crippen molar-refractivity contribution in [3.05, 3.63) is 24.6 Å². The van der Waals surface area contributed by atoms with Crippen LogP contribution in [0, 0.1) is 0 Å². The monoisotopic (exact) mass is 124 g/mol. The van der Waals surface area contributed by atoms with Gasteiger partial charge in [0.1, 0.15) is 0 Å². The van der Waals surface area contributed by atoms with Crippen LogP contribution >= 0.6 is 0 Å². The fraction of sp³-hybridized carbons (Fsp3) is 0.429. The normalized spacial score (nSPS) is 22.8. The van der Waals surface area contributed by atoms with Gasteiger partial charge in [-0.25, -0.2) is 0 Å². The van der Waals surface area contributed by atoms with Gasteiger partial charge in [-0.2, -0.15) is 0 Å². The van der Waals surface area contributed by atoms with Crippen molar-refractivity contribution >= 4 is 0 Å². The minimum absolute atomic E-state index is 0.244. The van der Waals surface area contributed by atoms with Crippen molar-refractivity contribution in [1.29, 1.82) is 0 Å². The third-order valence-electron chi connectivity index (χ3n) is 1.34. The lowest BCUT2D eigenvalue weighted by Gasteiger charge is -2.22. The molecule has 0 aromatic carbocycles. The zero-order chi connectivity index (χ0) is 6.91. The van der Waals surface area contributed by atoms with E-state index in [0.29, 0.717) is 0 Å². The second-order valence-electron chi connectivity index (χ2n) is 2.66. The minimum atomic E-state index is -0.244. The topological polar surface area (TPSA) is 29.3 Å². The SMILES string of the molecule is CN1C=CC(C)(N)C=C1. The lowest BCUT2D eigenvalue weighted by Crippen LogP contribution is -2.33. The van der Waals surface area contributed by atoms with Crippen molar-refractivity contribution in [2.45, 2.75) is 12.5 Å². The van der Waals surface area contributed by atoms with Gasteiger partial charge in [0, 0.05) is 19.4 Å². The van der Waals surface area contributed by atoms with E-state index in [2.05, 4.69) is 0 Å². The third kappa shape index (κ3) is 1.57. The number of hydrogen-bond donors (Lipinski definition) is 1. The Bertz CT molecular complexity index is 140. The molecule has 0 amide bonds. The predicted octanol–water partition coefficient (Wildman–Crippen LogP) is 0.677. The Balaban J connectivity index is 2.70. The maximum absolute atomic E-state index is 5.74. The summed E-state index contributed by atoms with van der Waals surface area (Å²) < 4.78 is 0. The maximum Gasteiger partial charge on any atom is 0.0530 e. The summed E-state index contributed by atoms with van der Waals surface area (Å²) in [6, 6.07) is 0. The van der Waals surface area contributed by atoms with Gasteiger partial charge in [0.2, 0.25) is 0 Å².